The van der Waals surface area contributed by atoms with Crippen LogP contribution in [0, 0.1) is 0 Å². The Bertz CT molecular complexity index is 855. The molecule has 0 bridgehead atoms. The average Bonchev–Trinajstić information content (AvgIpc) is 3.24. The van der Waals surface area contributed by atoms with Crippen LogP contribution in [0.25, 0.3) is 11.3 Å². The van der Waals surface area contributed by atoms with Crippen molar-refractivity contribution < 1.29 is 4.79 Å². The minimum atomic E-state index is -0.0892. The van der Waals surface area contributed by atoms with Gasteiger partial charge in [0.15, 0.2) is 5.13 Å². The zero-order valence-corrected chi connectivity index (χ0v) is 13.4. The molecule has 0 spiro atoms. The molecule has 114 valence electrons. The standard InChI is InChI=1S/C19H16N2OS/c22-18(16-10-9-13-7-4-8-15(13)11-16)21-19-20-17(12-23-19)14-5-2-1-3-6-14/h1-3,5-6,9-12H,4,7-8H2,(H,20,21,22). The highest BCUT2D eigenvalue weighted by molar-refractivity contribution is 7.14. The van der Waals surface area contributed by atoms with Crippen molar-refractivity contribution in [2.24, 2.45) is 0 Å². The van der Waals surface area contributed by atoms with Crippen molar-refractivity contribution in [3.05, 3.63) is 70.6 Å². The van der Waals surface area contributed by atoms with Crippen LogP contribution in [0.2, 0.25) is 0 Å². The van der Waals surface area contributed by atoms with Crippen LogP contribution in [0.5, 0.6) is 0 Å². The van der Waals surface area contributed by atoms with Crippen LogP contribution in [0.4, 0.5) is 5.13 Å². The normalized spacial score (nSPS) is 12.9. The number of benzene rings is 2. The minimum Gasteiger partial charge on any atom is -0.298 e. The number of nitrogens with zero attached hydrogens (tertiary/aromatic N) is 1. The quantitative estimate of drug-likeness (QED) is 0.769. The lowest BCUT2D eigenvalue weighted by atomic mass is 10.1. The van der Waals surface area contributed by atoms with E-state index >= 15 is 0 Å². The van der Waals surface area contributed by atoms with E-state index in [-0.39, 0.29) is 5.91 Å². The Balaban J connectivity index is 1.52. The summed E-state index contributed by atoms with van der Waals surface area (Å²) in [6.07, 6.45) is 3.39. The molecule has 0 saturated carbocycles. The Kier molecular flexibility index (Phi) is 3.67. The summed E-state index contributed by atoms with van der Waals surface area (Å²) in [7, 11) is 0. The van der Waals surface area contributed by atoms with Gasteiger partial charge < -0.3 is 0 Å². The van der Waals surface area contributed by atoms with Crippen LogP contribution in [0.1, 0.15) is 27.9 Å². The van der Waals surface area contributed by atoms with Crippen molar-refractivity contribution in [2.75, 3.05) is 5.32 Å². The topological polar surface area (TPSA) is 42.0 Å². The van der Waals surface area contributed by atoms with Gasteiger partial charge in [-0.15, -0.1) is 11.3 Å². The lowest BCUT2D eigenvalue weighted by molar-refractivity contribution is 0.102. The van der Waals surface area contributed by atoms with Gasteiger partial charge in [-0.2, -0.15) is 0 Å². The summed E-state index contributed by atoms with van der Waals surface area (Å²) >= 11 is 1.45. The van der Waals surface area contributed by atoms with Crippen molar-refractivity contribution >= 4 is 22.4 Å². The summed E-state index contributed by atoms with van der Waals surface area (Å²) in [5, 5.41) is 5.51. The van der Waals surface area contributed by atoms with E-state index in [9.17, 15) is 4.79 Å². The fourth-order valence-corrected chi connectivity index (χ4v) is 3.67. The average molecular weight is 320 g/mol. The van der Waals surface area contributed by atoms with Crippen molar-refractivity contribution in [2.45, 2.75) is 19.3 Å². The number of fused-ring (bicyclic) bond motifs is 1. The van der Waals surface area contributed by atoms with Crippen LogP contribution < -0.4 is 5.32 Å². The monoisotopic (exact) mass is 320 g/mol. The second kappa shape index (κ2) is 5.97. The first-order valence-electron chi connectivity index (χ1n) is 7.74. The molecule has 1 heterocycles. The summed E-state index contributed by atoms with van der Waals surface area (Å²) in [5.74, 6) is -0.0892. The maximum Gasteiger partial charge on any atom is 0.257 e. The molecule has 0 unspecified atom stereocenters. The predicted octanol–water partition coefficient (Wildman–Crippen LogP) is 4.55. The van der Waals surface area contributed by atoms with E-state index in [0.717, 1.165) is 24.1 Å². The Hall–Kier alpha value is -2.46. The molecule has 1 N–H and O–H groups in total. The van der Waals surface area contributed by atoms with Crippen LogP contribution in [-0.2, 0) is 12.8 Å². The Morgan fingerprint density at radius 2 is 1.87 bits per heavy atom. The number of hydrogen-bond acceptors (Lipinski definition) is 3. The number of aryl methyl sites for hydroxylation is 2. The molecular formula is C19H16N2OS. The maximum absolute atomic E-state index is 12.4. The fourth-order valence-electron chi connectivity index (χ4n) is 2.96. The van der Waals surface area contributed by atoms with E-state index in [1.807, 2.05) is 47.8 Å². The Morgan fingerprint density at radius 3 is 2.74 bits per heavy atom. The molecule has 1 aliphatic carbocycles. The Labute approximate surface area is 139 Å². The first kappa shape index (κ1) is 14.2. The van der Waals surface area contributed by atoms with Gasteiger partial charge in [0.25, 0.3) is 5.91 Å². The van der Waals surface area contributed by atoms with E-state index in [4.69, 9.17) is 0 Å². The van der Waals surface area contributed by atoms with Crippen molar-refractivity contribution in [1.29, 1.82) is 0 Å². The first-order chi connectivity index (χ1) is 11.3. The Morgan fingerprint density at radius 1 is 1.04 bits per heavy atom. The first-order valence-corrected chi connectivity index (χ1v) is 8.62. The van der Waals surface area contributed by atoms with Crippen LogP contribution in [0.3, 0.4) is 0 Å². The summed E-state index contributed by atoms with van der Waals surface area (Å²) < 4.78 is 0. The van der Waals surface area contributed by atoms with Gasteiger partial charge >= 0.3 is 0 Å². The van der Waals surface area contributed by atoms with Gasteiger partial charge in [-0.25, -0.2) is 4.98 Å². The maximum atomic E-state index is 12.4. The van der Waals surface area contributed by atoms with Crippen LogP contribution in [-0.4, -0.2) is 10.9 Å². The van der Waals surface area contributed by atoms with Crippen molar-refractivity contribution in [1.82, 2.24) is 4.98 Å². The van der Waals surface area contributed by atoms with E-state index in [1.165, 1.54) is 28.9 Å². The van der Waals surface area contributed by atoms with Gasteiger partial charge in [0, 0.05) is 16.5 Å². The molecule has 1 amide bonds. The molecular weight excluding hydrogens is 304 g/mol. The smallest absolute Gasteiger partial charge is 0.257 e. The number of hydrogen-bond donors (Lipinski definition) is 1. The molecule has 4 rings (SSSR count). The lowest BCUT2D eigenvalue weighted by Crippen LogP contribution is -2.12. The predicted molar refractivity (Wildman–Crippen MR) is 94.0 cm³/mol. The SMILES string of the molecule is O=C(Nc1nc(-c2ccccc2)cs1)c1ccc2c(c1)CCC2. The number of carbonyl (C=O) groups is 1. The van der Waals surface area contributed by atoms with Gasteiger partial charge in [0.05, 0.1) is 5.69 Å². The molecule has 3 aromatic rings. The van der Waals surface area contributed by atoms with Crippen molar-refractivity contribution in [3.8, 4) is 11.3 Å². The molecule has 1 aliphatic rings. The second-order valence-corrected chi connectivity index (χ2v) is 6.55. The highest BCUT2D eigenvalue weighted by Crippen LogP contribution is 2.26. The number of amides is 1. The number of carbonyl (C=O) groups excluding carboxylic acids is 1. The molecule has 1 aromatic heterocycles. The number of rotatable bonds is 3. The van der Waals surface area contributed by atoms with Crippen molar-refractivity contribution in [3.63, 3.8) is 0 Å². The van der Waals surface area contributed by atoms with Gasteiger partial charge in [-0.1, -0.05) is 36.4 Å². The number of aromatic nitrogens is 1. The largest absolute Gasteiger partial charge is 0.298 e. The van der Waals surface area contributed by atoms with E-state index < -0.39 is 0 Å². The molecule has 0 saturated heterocycles. The number of nitrogens with one attached hydrogen (secondary N) is 1. The molecule has 0 aliphatic heterocycles. The molecule has 23 heavy (non-hydrogen) atoms. The van der Waals surface area contributed by atoms with Crippen LogP contribution >= 0.6 is 11.3 Å². The van der Waals surface area contributed by atoms with Gasteiger partial charge in [0.1, 0.15) is 0 Å². The highest BCUT2D eigenvalue weighted by atomic mass is 32.1. The van der Waals surface area contributed by atoms with Gasteiger partial charge in [0.2, 0.25) is 0 Å². The molecule has 3 nitrogen and oxygen atoms in total. The zero-order valence-electron chi connectivity index (χ0n) is 12.6. The summed E-state index contributed by atoms with van der Waals surface area (Å²) in [4.78, 5) is 16.9. The zero-order chi connectivity index (χ0) is 15.6. The fraction of sp³-hybridized carbons (Fsp3) is 0.158. The van der Waals surface area contributed by atoms with Gasteiger partial charge in [-0.05, 0) is 42.5 Å². The van der Waals surface area contributed by atoms with E-state index in [2.05, 4.69) is 16.4 Å². The third kappa shape index (κ3) is 2.90. The molecule has 0 atom stereocenters. The number of thiazole rings is 1. The third-order valence-corrected chi connectivity index (χ3v) is 4.91. The van der Waals surface area contributed by atoms with Gasteiger partial charge in [-0.3, -0.25) is 10.1 Å². The highest BCUT2D eigenvalue weighted by Gasteiger charge is 2.15. The molecule has 4 heteroatoms. The summed E-state index contributed by atoms with van der Waals surface area (Å²) in [5.41, 5.74) is 5.34. The van der Waals surface area contributed by atoms with E-state index in [1.54, 1.807) is 0 Å². The molecule has 0 fully saturated rings. The lowest BCUT2D eigenvalue weighted by Gasteiger charge is -2.04. The second-order valence-electron chi connectivity index (χ2n) is 5.70. The summed E-state index contributed by atoms with van der Waals surface area (Å²) in [6, 6.07) is 16.0. The van der Waals surface area contributed by atoms with E-state index in [0.29, 0.717) is 10.7 Å². The number of anilines is 1. The minimum absolute atomic E-state index is 0.0892. The molecule has 0 radical (unpaired) electrons. The van der Waals surface area contributed by atoms with Crippen LogP contribution in [0.15, 0.2) is 53.9 Å². The third-order valence-electron chi connectivity index (χ3n) is 4.15. The summed E-state index contributed by atoms with van der Waals surface area (Å²) in [6.45, 7) is 0. The molecule has 2 aromatic carbocycles.